The van der Waals surface area contributed by atoms with E-state index in [1.807, 2.05) is 62.4 Å². The van der Waals surface area contributed by atoms with E-state index in [0.717, 1.165) is 9.79 Å². The Bertz CT molecular complexity index is 809. The Hall–Kier alpha value is -2.67. The molecule has 0 saturated carbocycles. The molecule has 2 rings (SSSR count). The fourth-order valence-electron chi connectivity index (χ4n) is 2.57. The van der Waals surface area contributed by atoms with Crippen LogP contribution >= 0.6 is 11.8 Å². The van der Waals surface area contributed by atoms with E-state index in [0.29, 0.717) is 23.3 Å². The maximum absolute atomic E-state index is 12.0. The smallest absolute Gasteiger partial charge is 0.258 e. The van der Waals surface area contributed by atoms with Crippen LogP contribution in [0.1, 0.15) is 41.5 Å². The van der Waals surface area contributed by atoms with E-state index in [1.54, 1.807) is 11.8 Å². The number of benzene rings is 2. The summed E-state index contributed by atoms with van der Waals surface area (Å²) >= 11 is 1.61. The third kappa shape index (κ3) is 9.78. The summed E-state index contributed by atoms with van der Waals surface area (Å²) in [7, 11) is 0. The topological polar surface area (TPSA) is 76.7 Å². The van der Waals surface area contributed by atoms with Gasteiger partial charge in [-0.1, -0.05) is 39.5 Å². The Morgan fingerprint density at radius 2 is 1.00 bits per heavy atom. The number of hydrogen-bond acceptors (Lipinski definition) is 5. The molecule has 0 spiro atoms. The fourth-order valence-corrected chi connectivity index (χ4v) is 3.38. The van der Waals surface area contributed by atoms with Crippen molar-refractivity contribution in [2.45, 2.75) is 63.4 Å². The van der Waals surface area contributed by atoms with Crippen molar-refractivity contribution in [3.8, 4) is 11.5 Å². The van der Waals surface area contributed by atoms with Gasteiger partial charge in [-0.25, -0.2) is 0 Å². The van der Waals surface area contributed by atoms with Gasteiger partial charge in [-0.3, -0.25) is 9.59 Å². The number of amides is 2. The molecule has 0 aliphatic rings. The van der Waals surface area contributed by atoms with Crippen LogP contribution in [0.2, 0.25) is 0 Å². The Balaban J connectivity index is 1.78. The predicted molar refractivity (Wildman–Crippen MR) is 133 cm³/mol. The lowest BCUT2D eigenvalue weighted by molar-refractivity contribution is -0.124. The van der Waals surface area contributed by atoms with Crippen molar-refractivity contribution in [1.82, 2.24) is 10.6 Å². The normalized spacial score (nSPS) is 12.8. The van der Waals surface area contributed by atoms with Crippen molar-refractivity contribution >= 4 is 23.6 Å². The van der Waals surface area contributed by atoms with Crippen molar-refractivity contribution in [2.75, 3.05) is 13.2 Å². The van der Waals surface area contributed by atoms with Crippen LogP contribution in [0.25, 0.3) is 0 Å². The molecule has 2 amide bonds. The highest BCUT2D eigenvalue weighted by atomic mass is 32.2. The minimum absolute atomic E-state index is 0.000578. The predicted octanol–water partition coefficient (Wildman–Crippen LogP) is 4.92. The summed E-state index contributed by atoms with van der Waals surface area (Å²) in [6.07, 6.45) is 0. The van der Waals surface area contributed by atoms with E-state index in [2.05, 4.69) is 38.3 Å². The van der Waals surface area contributed by atoms with Crippen molar-refractivity contribution in [3.05, 3.63) is 48.5 Å². The molecule has 2 N–H and O–H groups in total. The highest BCUT2D eigenvalue weighted by Crippen LogP contribution is 2.30. The highest BCUT2D eigenvalue weighted by molar-refractivity contribution is 7.99. The Labute approximate surface area is 201 Å². The monoisotopic (exact) mass is 472 g/mol. The van der Waals surface area contributed by atoms with Gasteiger partial charge in [0.2, 0.25) is 0 Å². The molecule has 0 unspecified atom stereocenters. The van der Waals surface area contributed by atoms with Gasteiger partial charge in [-0.05, 0) is 74.2 Å². The van der Waals surface area contributed by atoms with Crippen molar-refractivity contribution < 1.29 is 19.1 Å². The molecule has 0 heterocycles. The first-order chi connectivity index (χ1) is 15.6. The molecular formula is C26H36N2O4S. The summed E-state index contributed by atoms with van der Waals surface area (Å²) in [4.78, 5) is 26.0. The van der Waals surface area contributed by atoms with E-state index in [-0.39, 0.29) is 37.1 Å². The number of rotatable bonds is 12. The third-order valence-corrected chi connectivity index (χ3v) is 6.42. The average molecular weight is 473 g/mol. The summed E-state index contributed by atoms with van der Waals surface area (Å²) in [6.45, 7) is 12.2. The molecule has 0 saturated heterocycles. The number of carbonyl (C=O) groups excluding carboxylic acids is 2. The Kier molecular flexibility index (Phi) is 10.6. The number of hydrogen-bond donors (Lipinski definition) is 2. The zero-order valence-corrected chi connectivity index (χ0v) is 21.2. The van der Waals surface area contributed by atoms with Gasteiger partial charge in [0.05, 0.1) is 0 Å². The second-order valence-electron chi connectivity index (χ2n) is 8.82. The van der Waals surface area contributed by atoms with Crippen molar-refractivity contribution in [3.63, 3.8) is 0 Å². The first-order valence-electron chi connectivity index (χ1n) is 11.4. The van der Waals surface area contributed by atoms with E-state index in [1.165, 1.54) is 0 Å². The number of carbonyl (C=O) groups is 2. The van der Waals surface area contributed by atoms with Crippen LogP contribution in [0.15, 0.2) is 58.3 Å². The quantitative estimate of drug-likeness (QED) is 0.459. The zero-order valence-electron chi connectivity index (χ0n) is 20.4. The van der Waals surface area contributed by atoms with Crippen LogP contribution in [-0.2, 0) is 9.59 Å². The lowest BCUT2D eigenvalue weighted by Gasteiger charge is -2.17. The van der Waals surface area contributed by atoms with Gasteiger partial charge in [0.25, 0.3) is 11.8 Å². The van der Waals surface area contributed by atoms with Crippen molar-refractivity contribution in [2.24, 2.45) is 11.8 Å². The molecule has 6 nitrogen and oxygen atoms in total. The van der Waals surface area contributed by atoms with E-state index in [4.69, 9.17) is 9.47 Å². The van der Waals surface area contributed by atoms with Crippen LogP contribution in [0.3, 0.4) is 0 Å². The van der Waals surface area contributed by atoms with Gasteiger partial charge in [0.15, 0.2) is 13.2 Å². The molecule has 0 aromatic heterocycles. The molecule has 0 aliphatic heterocycles. The second-order valence-corrected chi connectivity index (χ2v) is 9.97. The van der Waals surface area contributed by atoms with Crippen LogP contribution in [0, 0.1) is 11.8 Å². The molecule has 0 bridgehead atoms. The lowest BCUT2D eigenvalue weighted by atomic mass is 10.1. The molecule has 0 radical (unpaired) electrons. The zero-order chi connectivity index (χ0) is 24.4. The second kappa shape index (κ2) is 13.1. The summed E-state index contributed by atoms with van der Waals surface area (Å²) in [5.74, 6) is 1.82. The molecule has 0 aliphatic carbocycles. The molecule has 180 valence electrons. The lowest BCUT2D eigenvalue weighted by Crippen LogP contribution is -2.38. The summed E-state index contributed by atoms with van der Waals surface area (Å²) in [6, 6.07) is 15.5. The number of ether oxygens (including phenoxy) is 2. The van der Waals surface area contributed by atoms with Gasteiger partial charge in [-0.2, -0.15) is 0 Å². The Morgan fingerprint density at radius 1 is 0.667 bits per heavy atom. The molecule has 2 aromatic carbocycles. The molecular weight excluding hydrogens is 436 g/mol. The maximum atomic E-state index is 12.0. The van der Waals surface area contributed by atoms with Crippen LogP contribution in [0.4, 0.5) is 0 Å². The SMILES string of the molecule is CC(C)[C@H](C)NC(=O)COc1ccc(Sc2ccc(OCC(=O)N[C@@H](C)C(C)C)cc2)cc1. The average Bonchev–Trinajstić information content (AvgIpc) is 2.78. The largest absolute Gasteiger partial charge is 0.484 e. The van der Waals surface area contributed by atoms with Crippen LogP contribution < -0.4 is 20.1 Å². The molecule has 2 aromatic rings. The van der Waals surface area contributed by atoms with Crippen LogP contribution in [0.5, 0.6) is 11.5 Å². The highest BCUT2D eigenvalue weighted by Gasteiger charge is 2.12. The number of nitrogens with one attached hydrogen (secondary N) is 2. The van der Waals surface area contributed by atoms with Gasteiger partial charge >= 0.3 is 0 Å². The standard InChI is InChI=1S/C26H36N2O4S/c1-17(2)19(5)27-25(29)15-31-21-7-11-23(12-8-21)33-24-13-9-22(10-14-24)32-16-26(30)28-20(6)18(3)4/h7-14,17-20H,15-16H2,1-6H3,(H,27,29)(H,28,30)/t19-,20-/m0/s1. The van der Waals surface area contributed by atoms with Crippen LogP contribution in [-0.4, -0.2) is 37.1 Å². The van der Waals surface area contributed by atoms with Gasteiger partial charge in [-0.15, -0.1) is 0 Å². The first kappa shape index (κ1) is 26.6. The summed E-state index contributed by atoms with van der Waals surface area (Å²) in [5.41, 5.74) is 0. The fraction of sp³-hybridized carbons (Fsp3) is 0.462. The summed E-state index contributed by atoms with van der Waals surface area (Å²) < 4.78 is 11.2. The summed E-state index contributed by atoms with van der Waals surface area (Å²) in [5, 5.41) is 5.85. The van der Waals surface area contributed by atoms with Gasteiger partial charge < -0.3 is 20.1 Å². The minimum atomic E-state index is -0.121. The van der Waals surface area contributed by atoms with Gasteiger partial charge in [0, 0.05) is 21.9 Å². The molecule has 2 atom stereocenters. The van der Waals surface area contributed by atoms with E-state index in [9.17, 15) is 9.59 Å². The Morgan fingerprint density at radius 3 is 1.30 bits per heavy atom. The third-order valence-electron chi connectivity index (χ3n) is 5.40. The molecule has 33 heavy (non-hydrogen) atoms. The van der Waals surface area contributed by atoms with E-state index < -0.39 is 0 Å². The first-order valence-corrected chi connectivity index (χ1v) is 12.2. The molecule has 0 fully saturated rings. The van der Waals surface area contributed by atoms with Gasteiger partial charge in [0.1, 0.15) is 11.5 Å². The minimum Gasteiger partial charge on any atom is -0.484 e. The van der Waals surface area contributed by atoms with E-state index >= 15 is 0 Å². The molecule has 7 heteroatoms. The maximum Gasteiger partial charge on any atom is 0.258 e. The van der Waals surface area contributed by atoms with Crippen molar-refractivity contribution in [1.29, 1.82) is 0 Å².